The van der Waals surface area contributed by atoms with Gasteiger partial charge in [0.05, 0.1) is 6.20 Å². The molecule has 1 aliphatic carbocycles. The van der Waals surface area contributed by atoms with E-state index in [1.807, 2.05) is 17.9 Å². The minimum absolute atomic E-state index is 0. The topological polar surface area (TPSA) is 76.2 Å². The van der Waals surface area contributed by atoms with Gasteiger partial charge in [0.2, 0.25) is 0 Å². The molecule has 10 heteroatoms. The fourth-order valence-electron chi connectivity index (χ4n) is 4.87. The molecule has 1 unspecified atom stereocenters. The number of aryl methyl sites for hydroxylation is 2. The zero-order valence-electron chi connectivity index (χ0n) is 19.5. The summed E-state index contributed by atoms with van der Waals surface area (Å²) < 4.78 is 4.30. The number of nitrogens with one attached hydrogen (secondary N) is 1. The van der Waals surface area contributed by atoms with Crippen molar-refractivity contribution < 1.29 is 0 Å². The second-order valence-corrected chi connectivity index (χ2v) is 9.40. The number of guanidine groups is 1. The third kappa shape index (κ3) is 5.98. The standard InChI is InChI=1S/C22H36N8S.HI/c1-4-23-21(29-13-11-17(16-29)18-14-25-28(2)15-18)24-12-7-10-20-26-27-22(31-3)30(20)19-8-5-6-9-19;/h14-15,17,19H,4-13,16H2,1-3H3,(H,23,24);1H. The van der Waals surface area contributed by atoms with Crippen molar-refractivity contribution in [2.45, 2.75) is 69.0 Å². The lowest BCUT2D eigenvalue weighted by Gasteiger charge is -2.21. The highest BCUT2D eigenvalue weighted by atomic mass is 127. The SMILES string of the molecule is CCNC(=NCCCc1nnc(SC)n1C1CCCC1)N1CCC(c2cnn(C)c2)C1.I. The van der Waals surface area contributed by atoms with Gasteiger partial charge in [-0.1, -0.05) is 24.6 Å². The Kier molecular flexibility index (Phi) is 9.69. The van der Waals surface area contributed by atoms with E-state index in [9.17, 15) is 0 Å². The molecule has 178 valence electrons. The molecule has 8 nitrogen and oxygen atoms in total. The largest absolute Gasteiger partial charge is 0.357 e. The smallest absolute Gasteiger partial charge is 0.193 e. The molecule has 0 radical (unpaired) electrons. The molecular formula is C22H37IN8S. The van der Waals surface area contributed by atoms with E-state index < -0.39 is 0 Å². The summed E-state index contributed by atoms with van der Waals surface area (Å²) in [6.07, 6.45) is 14.5. The van der Waals surface area contributed by atoms with Gasteiger partial charge in [-0.25, -0.2) is 0 Å². The molecule has 1 aliphatic heterocycles. The number of halogens is 1. The second-order valence-electron chi connectivity index (χ2n) is 8.63. The molecule has 4 rings (SSSR count). The fourth-order valence-corrected chi connectivity index (χ4v) is 5.44. The Morgan fingerprint density at radius 2 is 2.06 bits per heavy atom. The molecule has 1 N–H and O–H groups in total. The number of likely N-dealkylation sites (tertiary alicyclic amines) is 1. The molecule has 1 atom stereocenters. The van der Waals surface area contributed by atoms with Gasteiger partial charge in [-0.05, 0) is 44.4 Å². The molecule has 32 heavy (non-hydrogen) atoms. The van der Waals surface area contributed by atoms with Crippen LogP contribution in [0.3, 0.4) is 0 Å². The minimum atomic E-state index is 0. The molecular weight excluding hydrogens is 535 g/mol. The van der Waals surface area contributed by atoms with Crippen molar-refractivity contribution in [2.75, 3.05) is 32.4 Å². The molecule has 1 saturated heterocycles. The summed E-state index contributed by atoms with van der Waals surface area (Å²) in [5.41, 5.74) is 1.33. The van der Waals surface area contributed by atoms with Crippen molar-refractivity contribution in [2.24, 2.45) is 12.0 Å². The van der Waals surface area contributed by atoms with E-state index in [0.29, 0.717) is 12.0 Å². The van der Waals surface area contributed by atoms with E-state index in [-0.39, 0.29) is 24.0 Å². The molecule has 2 aromatic heterocycles. The average molecular weight is 573 g/mol. The highest BCUT2D eigenvalue weighted by molar-refractivity contribution is 14.0. The summed E-state index contributed by atoms with van der Waals surface area (Å²) in [6, 6.07) is 0.585. The Balaban J connectivity index is 0.00000289. The van der Waals surface area contributed by atoms with Crippen LogP contribution in [-0.2, 0) is 13.5 Å². The van der Waals surface area contributed by atoms with Gasteiger partial charge in [0.15, 0.2) is 11.1 Å². The first kappa shape index (κ1) is 25.3. The molecule has 1 saturated carbocycles. The monoisotopic (exact) mass is 572 g/mol. The van der Waals surface area contributed by atoms with Gasteiger partial charge < -0.3 is 14.8 Å². The maximum atomic E-state index is 4.95. The van der Waals surface area contributed by atoms with E-state index in [2.05, 4.69) is 49.5 Å². The van der Waals surface area contributed by atoms with Gasteiger partial charge in [-0.3, -0.25) is 9.67 Å². The summed E-state index contributed by atoms with van der Waals surface area (Å²) in [5, 5.41) is 17.8. The first-order valence-electron chi connectivity index (χ1n) is 11.7. The fraction of sp³-hybridized carbons (Fsp3) is 0.727. The summed E-state index contributed by atoms with van der Waals surface area (Å²) in [7, 11) is 1.98. The highest BCUT2D eigenvalue weighted by Crippen LogP contribution is 2.33. The number of hydrogen-bond donors (Lipinski definition) is 1. The van der Waals surface area contributed by atoms with Crippen LogP contribution >= 0.6 is 35.7 Å². The van der Waals surface area contributed by atoms with Crippen LogP contribution in [0.5, 0.6) is 0 Å². The number of aromatic nitrogens is 5. The van der Waals surface area contributed by atoms with Crippen LogP contribution in [-0.4, -0.2) is 67.8 Å². The van der Waals surface area contributed by atoms with E-state index in [0.717, 1.165) is 62.4 Å². The maximum absolute atomic E-state index is 4.95. The first-order valence-corrected chi connectivity index (χ1v) is 12.9. The van der Waals surface area contributed by atoms with Crippen LogP contribution in [0.25, 0.3) is 0 Å². The molecule has 0 bridgehead atoms. The summed E-state index contributed by atoms with van der Waals surface area (Å²) in [5.74, 6) is 2.71. The second kappa shape index (κ2) is 12.2. The number of aliphatic imine (C=N–C) groups is 1. The molecule has 0 spiro atoms. The van der Waals surface area contributed by atoms with Crippen LogP contribution in [0, 0.1) is 0 Å². The van der Waals surface area contributed by atoms with Gasteiger partial charge in [0.1, 0.15) is 5.82 Å². The normalized spacial score (nSPS) is 19.5. The minimum Gasteiger partial charge on any atom is -0.357 e. The van der Waals surface area contributed by atoms with Crippen molar-refractivity contribution in [3.63, 3.8) is 0 Å². The predicted octanol–water partition coefficient (Wildman–Crippen LogP) is 3.85. The lowest BCUT2D eigenvalue weighted by molar-refractivity contribution is 0.460. The Labute approximate surface area is 213 Å². The van der Waals surface area contributed by atoms with Crippen molar-refractivity contribution in [1.29, 1.82) is 0 Å². The van der Waals surface area contributed by atoms with Crippen molar-refractivity contribution >= 4 is 41.7 Å². The summed E-state index contributed by atoms with van der Waals surface area (Å²) in [4.78, 5) is 7.34. The van der Waals surface area contributed by atoms with Gasteiger partial charge in [0.25, 0.3) is 0 Å². The van der Waals surface area contributed by atoms with E-state index in [1.165, 1.54) is 31.2 Å². The number of hydrogen-bond acceptors (Lipinski definition) is 5. The van der Waals surface area contributed by atoms with Gasteiger partial charge in [0, 0.05) is 57.8 Å². The van der Waals surface area contributed by atoms with Crippen LogP contribution in [0.1, 0.15) is 68.8 Å². The first-order chi connectivity index (χ1) is 15.2. The molecule has 3 heterocycles. The predicted molar refractivity (Wildman–Crippen MR) is 141 cm³/mol. The van der Waals surface area contributed by atoms with Crippen LogP contribution in [0.2, 0.25) is 0 Å². The Morgan fingerprint density at radius 3 is 2.75 bits per heavy atom. The van der Waals surface area contributed by atoms with Crippen LogP contribution in [0.4, 0.5) is 0 Å². The van der Waals surface area contributed by atoms with E-state index in [1.54, 1.807) is 11.8 Å². The highest BCUT2D eigenvalue weighted by Gasteiger charge is 2.27. The molecule has 0 aromatic carbocycles. The Hall–Kier alpha value is -1.30. The number of thioether (sulfide) groups is 1. The summed E-state index contributed by atoms with van der Waals surface area (Å²) in [6.45, 7) is 5.88. The number of nitrogens with zero attached hydrogens (tertiary/aromatic N) is 7. The number of rotatable bonds is 8. The lowest BCUT2D eigenvalue weighted by Crippen LogP contribution is -2.40. The van der Waals surface area contributed by atoms with Gasteiger partial charge in [-0.15, -0.1) is 34.2 Å². The van der Waals surface area contributed by atoms with Gasteiger partial charge in [-0.2, -0.15) is 5.10 Å². The van der Waals surface area contributed by atoms with Crippen LogP contribution in [0.15, 0.2) is 22.5 Å². The average Bonchev–Trinajstić information content (AvgIpc) is 3.56. The van der Waals surface area contributed by atoms with Crippen LogP contribution < -0.4 is 5.32 Å². The van der Waals surface area contributed by atoms with E-state index in [4.69, 9.17) is 4.99 Å². The van der Waals surface area contributed by atoms with Crippen molar-refractivity contribution in [1.82, 2.24) is 34.8 Å². The molecule has 2 fully saturated rings. The third-order valence-electron chi connectivity index (χ3n) is 6.45. The Bertz CT molecular complexity index is 873. The van der Waals surface area contributed by atoms with Crippen molar-refractivity contribution in [3.8, 4) is 0 Å². The zero-order valence-corrected chi connectivity index (χ0v) is 22.7. The molecule has 2 aromatic rings. The third-order valence-corrected chi connectivity index (χ3v) is 7.09. The molecule has 0 amide bonds. The molecule has 2 aliphatic rings. The quantitative estimate of drug-likeness (QED) is 0.170. The van der Waals surface area contributed by atoms with Gasteiger partial charge >= 0.3 is 0 Å². The van der Waals surface area contributed by atoms with E-state index >= 15 is 0 Å². The maximum Gasteiger partial charge on any atom is 0.193 e. The van der Waals surface area contributed by atoms with Crippen molar-refractivity contribution in [3.05, 3.63) is 23.8 Å². The summed E-state index contributed by atoms with van der Waals surface area (Å²) >= 11 is 1.71. The Morgan fingerprint density at radius 1 is 1.25 bits per heavy atom. The zero-order chi connectivity index (χ0) is 21.6. The lowest BCUT2D eigenvalue weighted by atomic mass is 10.0.